The first-order valence-corrected chi connectivity index (χ1v) is 16.6. The van der Waals surface area contributed by atoms with Crippen molar-refractivity contribution in [3.05, 3.63) is 85.8 Å². The molecule has 4 atom stereocenters. The third-order valence-corrected chi connectivity index (χ3v) is 9.66. The molecule has 0 spiro atoms. The van der Waals surface area contributed by atoms with E-state index < -0.39 is 35.4 Å². The molecule has 0 unspecified atom stereocenters. The van der Waals surface area contributed by atoms with Crippen molar-refractivity contribution in [2.45, 2.75) is 95.9 Å². The number of benzene rings is 2. The van der Waals surface area contributed by atoms with Gasteiger partial charge in [-0.25, -0.2) is 9.59 Å². The van der Waals surface area contributed by atoms with Crippen LogP contribution in [-0.2, 0) is 43.1 Å². The monoisotopic (exact) mass is 654 g/mol. The van der Waals surface area contributed by atoms with E-state index in [0.29, 0.717) is 66.4 Å². The number of aliphatic hydroxyl groups is 1. The first kappa shape index (κ1) is 33.5. The Morgan fingerprint density at radius 2 is 1.85 bits per heavy atom. The van der Waals surface area contributed by atoms with Crippen molar-refractivity contribution in [3.63, 3.8) is 0 Å². The summed E-state index contributed by atoms with van der Waals surface area (Å²) in [5, 5.41) is 10.2. The standard InChI is InChI=1S/C39H42O9/c1-23(2)29-15-12-24-11-13-25-9-7-10-32(41)45-35-33-31(48-39(3,36(35)47-37(29)42)18-6-5-8-26(25)20-24)16-14-27-21-30(38(43)46-34(27)33)28(17-19-40)22-44-4/h11,13-14,16,20-21,28,35-36,40H,7-10,12,15,17-19,22H2,1-4H3/t28-,35-,36+,39+/m1/s1. The highest BCUT2D eigenvalue weighted by Gasteiger charge is 2.52. The molecule has 6 rings (SSSR count). The molecule has 1 aromatic heterocycles. The summed E-state index contributed by atoms with van der Waals surface area (Å²) in [5.74, 6) is 5.57. The van der Waals surface area contributed by atoms with Crippen LogP contribution in [0.25, 0.3) is 11.0 Å². The van der Waals surface area contributed by atoms with Gasteiger partial charge in [-0.2, -0.15) is 0 Å². The molecule has 2 aromatic carbocycles. The molecule has 3 aromatic rings. The average molecular weight is 655 g/mol. The Labute approximate surface area is 280 Å². The largest absolute Gasteiger partial charge is 0.482 e. The van der Waals surface area contributed by atoms with E-state index in [1.165, 1.54) is 7.11 Å². The topological polar surface area (TPSA) is 122 Å². The lowest BCUT2D eigenvalue weighted by molar-refractivity contribution is -0.189. The molecule has 3 aliphatic rings. The fourth-order valence-corrected chi connectivity index (χ4v) is 7.03. The van der Waals surface area contributed by atoms with Gasteiger partial charge in [0.2, 0.25) is 0 Å². The minimum atomic E-state index is -1.22. The maximum Gasteiger partial charge on any atom is 0.339 e. The fourth-order valence-electron chi connectivity index (χ4n) is 7.03. The minimum absolute atomic E-state index is 0.129. The predicted molar refractivity (Wildman–Crippen MR) is 179 cm³/mol. The molecule has 0 saturated carbocycles. The van der Waals surface area contributed by atoms with Crippen LogP contribution in [0.4, 0.5) is 0 Å². The molecule has 0 fully saturated rings. The van der Waals surface area contributed by atoms with Crippen molar-refractivity contribution >= 4 is 22.9 Å². The van der Waals surface area contributed by atoms with E-state index in [4.69, 9.17) is 23.4 Å². The van der Waals surface area contributed by atoms with Crippen molar-refractivity contribution in [1.82, 2.24) is 0 Å². The first-order chi connectivity index (χ1) is 23.1. The highest BCUT2D eigenvalue weighted by Crippen LogP contribution is 2.48. The molecule has 9 nitrogen and oxygen atoms in total. The van der Waals surface area contributed by atoms with E-state index >= 15 is 0 Å². The lowest BCUT2D eigenvalue weighted by Gasteiger charge is -2.44. The summed E-state index contributed by atoms with van der Waals surface area (Å²) in [6.07, 6.45) is 1.26. The average Bonchev–Trinajstić information content (AvgIpc) is 3.04. The van der Waals surface area contributed by atoms with Crippen LogP contribution in [0.5, 0.6) is 5.75 Å². The molecule has 0 amide bonds. The van der Waals surface area contributed by atoms with Gasteiger partial charge in [-0.3, -0.25) is 4.79 Å². The summed E-state index contributed by atoms with van der Waals surface area (Å²) >= 11 is 0. The van der Waals surface area contributed by atoms with Crippen LogP contribution in [0, 0.1) is 11.8 Å². The SMILES string of the molecule is COC[C@@H](CCO)c1cc2ccc3c(c2oc1=O)[C@H]1OC(=O)CCCc2ccc4cc2CC#CC[C@](C)(O3)[C@H]1OC(=O)C(=C(C)C)CC4. The third-order valence-electron chi connectivity index (χ3n) is 9.66. The molecular formula is C39H42O9. The quantitative estimate of drug-likeness (QED) is 0.157. The van der Waals surface area contributed by atoms with Crippen molar-refractivity contribution in [2.75, 3.05) is 20.3 Å². The van der Waals surface area contributed by atoms with Crippen molar-refractivity contribution in [1.29, 1.82) is 0 Å². The van der Waals surface area contributed by atoms with E-state index in [-0.39, 0.29) is 37.6 Å². The number of carbonyl (C=O) groups excluding carboxylic acids is 2. The molecule has 5 bridgehead atoms. The zero-order valence-electron chi connectivity index (χ0n) is 28.0. The van der Waals surface area contributed by atoms with Gasteiger partial charge in [0.05, 0.1) is 18.6 Å². The molecule has 0 saturated heterocycles. The van der Waals surface area contributed by atoms with Crippen LogP contribution in [0.15, 0.2) is 56.8 Å². The Balaban J connectivity index is 1.55. The zero-order chi connectivity index (χ0) is 34.0. The van der Waals surface area contributed by atoms with Gasteiger partial charge in [0.25, 0.3) is 0 Å². The predicted octanol–water partition coefficient (Wildman–Crippen LogP) is 5.81. The summed E-state index contributed by atoms with van der Waals surface area (Å²) < 4.78 is 30.6. The number of ether oxygens (including phenoxy) is 4. The van der Waals surface area contributed by atoms with Gasteiger partial charge in [-0.15, -0.1) is 0 Å². The number of aryl methyl sites for hydroxylation is 2. The Kier molecular flexibility index (Phi) is 9.77. The van der Waals surface area contributed by atoms with Gasteiger partial charge in [0.15, 0.2) is 17.8 Å². The lowest BCUT2D eigenvalue weighted by Crippen LogP contribution is -2.54. The second-order valence-corrected chi connectivity index (χ2v) is 13.3. The second-order valence-electron chi connectivity index (χ2n) is 13.3. The molecular weight excluding hydrogens is 612 g/mol. The molecule has 9 heteroatoms. The Morgan fingerprint density at radius 1 is 1.02 bits per heavy atom. The molecule has 3 aliphatic heterocycles. The molecule has 252 valence electrons. The Bertz CT molecular complexity index is 1880. The lowest BCUT2D eigenvalue weighted by atomic mass is 9.83. The number of carbonyl (C=O) groups is 2. The highest BCUT2D eigenvalue weighted by molar-refractivity contribution is 5.90. The van der Waals surface area contributed by atoms with E-state index in [2.05, 4.69) is 30.0 Å². The number of esters is 2. The van der Waals surface area contributed by atoms with Gasteiger partial charge in [0, 0.05) is 49.0 Å². The maximum atomic E-state index is 14.1. The molecule has 4 heterocycles. The summed E-state index contributed by atoms with van der Waals surface area (Å²) in [6.45, 7) is 5.67. The molecule has 48 heavy (non-hydrogen) atoms. The number of hydrogen-bond donors (Lipinski definition) is 1. The van der Waals surface area contributed by atoms with E-state index in [9.17, 15) is 19.5 Å². The van der Waals surface area contributed by atoms with Crippen LogP contribution in [0.2, 0.25) is 0 Å². The minimum Gasteiger partial charge on any atom is -0.482 e. The van der Waals surface area contributed by atoms with Gasteiger partial charge in [0.1, 0.15) is 11.3 Å². The van der Waals surface area contributed by atoms with Gasteiger partial charge in [-0.1, -0.05) is 35.6 Å². The van der Waals surface area contributed by atoms with Crippen molar-refractivity contribution in [3.8, 4) is 17.6 Å². The van der Waals surface area contributed by atoms with Gasteiger partial charge in [-0.05, 0) is 87.8 Å². The maximum absolute atomic E-state index is 14.1. The highest BCUT2D eigenvalue weighted by atomic mass is 16.6. The number of rotatable bonds is 5. The van der Waals surface area contributed by atoms with Crippen LogP contribution >= 0.6 is 0 Å². The number of methoxy groups -OCH3 is 1. The van der Waals surface area contributed by atoms with E-state index in [1.807, 2.05) is 20.8 Å². The molecule has 1 N–H and O–H groups in total. The van der Waals surface area contributed by atoms with Crippen LogP contribution in [-0.4, -0.2) is 49.1 Å². The van der Waals surface area contributed by atoms with Crippen LogP contribution in [0.1, 0.15) is 92.7 Å². The summed E-state index contributed by atoms with van der Waals surface area (Å²) in [6, 6.07) is 11.6. The normalized spacial score (nSPS) is 23.1. The smallest absolute Gasteiger partial charge is 0.339 e. The Hall–Kier alpha value is -4.39. The van der Waals surface area contributed by atoms with E-state index in [0.717, 1.165) is 22.3 Å². The summed E-state index contributed by atoms with van der Waals surface area (Å²) in [5.41, 5.74) is 3.77. The first-order valence-electron chi connectivity index (χ1n) is 16.6. The number of aliphatic hydroxyl groups excluding tert-OH is 1. The van der Waals surface area contributed by atoms with Crippen molar-refractivity contribution in [2.24, 2.45) is 0 Å². The van der Waals surface area contributed by atoms with Gasteiger partial charge >= 0.3 is 17.6 Å². The number of fused-ring (bicyclic) bond motifs is 7. The number of allylic oxidation sites excluding steroid dienone is 1. The molecule has 0 aliphatic carbocycles. The summed E-state index contributed by atoms with van der Waals surface area (Å²) in [7, 11) is 1.53. The van der Waals surface area contributed by atoms with Crippen molar-refractivity contribution < 1.29 is 38.1 Å². The second kappa shape index (κ2) is 14.0. The van der Waals surface area contributed by atoms with Crippen LogP contribution < -0.4 is 10.4 Å². The Morgan fingerprint density at radius 3 is 2.62 bits per heavy atom. The molecule has 0 radical (unpaired) electrons. The van der Waals surface area contributed by atoms with E-state index in [1.54, 1.807) is 18.2 Å². The third kappa shape index (κ3) is 6.65. The van der Waals surface area contributed by atoms with Crippen LogP contribution in [0.3, 0.4) is 0 Å². The zero-order valence-corrected chi connectivity index (χ0v) is 28.0. The fraction of sp³-hybridized carbons (Fsp3) is 0.462. The number of hydrogen-bond acceptors (Lipinski definition) is 9. The van der Waals surface area contributed by atoms with Gasteiger partial charge < -0.3 is 28.5 Å². The summed E-state index contributed by atoms with van der Waals surface area (Å²) in [4.78, 5) is 41.2.